The highest BCUT2D eigenvalue weighted by Crippen LogP contribution is 2.28. The Kier molecular flexibility index (Phi) is 6.57. The maximum Gasteiger partial charge on any atom is 0.341 e. The Bertz CT molecular complexity index is 1030. The maximum atomic E-state index is 12.6. The number of nitrogens with one attached hydrogen (secondary N) is 1. The number of rotatable bonds is 6. The average Bonchev–Trinajstić information content (AvgIpc) is 3.22. The van der Waals surface area contributed by atoms with Crippen LogP contribution in [0, 0.1) is 6.92 Å². The van der Waals surface area contributed by atoms with Crippen molar-refractivity contribution < 1.29 is 14.3 Å². The Morgan fingerprint density at radius 2 is 1.79 bits per heavy atom. The minimum absolute atomic E-state index is 0.159. The van der Waals surface area contributed by atoms with Crippen molar-refractivity contribution in [1.82, 2.24) is 10.3 Å². The van der Waals surface area contributed by atoms with E-state index in [0.717, 1.165) is 16.8 Å². The molecule has 0 radical (unpaired) electrons. The van der Waals surface area contributed by atoms with Crippen molar-refractivity contribution in [2.24, 2.45) is 0 Å². The molecule has 5 nitrogen and oxygen atoms in total. The summed E-state index contributed by atoms with van der Waals surface area (Å²) in [6.07, 6.45) is 1.74. The lowest BCUT2D eigenvalue weighted by Crippen LogP contribution is -2.17. The van der Waals surface area contributed by atoms with Crippen molar-refractivity contribution in [1.29, 1.82) is 0 Å². The van der Waals surface area contributed by atoms with Crippen LogP contribution in [0.3, 0.4) is 0 Å². The third-order valence-corrected chi connectivity index (χ3v) is 5.16. The van der Waals surface area contributed by atoms with Crippen molar-refractivity contribution in [3.63, 3.8) is 0 Å². The molecule has 0 saturated heterocycles. The van der Waals surface area contributed by atoms with Crippen LogP contribution >= 0.6 is 11.3 Å². The monoisotopic (exact) mass is 406 g/mol. The predicted octanol–water partition coefficient (Wildman–Crippen LogP) is 4.58. The van der Waals surface area contributed by atoms with Crippen LogP contribution in [0.1, 0.15) is 33.4 Å². The molecule has 0 atom stereocenters. The van der Waals surface area contributed by atoms with E-state index in [-0.39, 0.29) is 12.5 Å². The standard InChI is InChI=1S/C23H22N2O3S/c1-4-28-23(27)19(13-16-7-11-18(12-8-16)21(26)24-3)22-25-20(14-29-22)17-9-5-15(2)6-10-17/h5-14H,4H2,1-3H3,(H,24,26)/b19-13+. The minimum Gasteiger partial charge on any atom is -0.462 e. The van der Waals surface area contributed by atoms with Gasteiger partial charge in [0.05, 0.1) is 17.9 Å². The van der Waals surface area contributed by atoms with E-state index >= 15 is 0 Å². The highest BCUT2D eigenvalue weighted by atomic mass is 32.1. The lowest BCUT2D eigenvalue weighted by molar-refractivity contribution is -0.136. The molecule has 1 N–H and O–H groups in total. The van der Waals surface area contributed by atoms with Crippen molar-refractivity contribution in [3.05, 3.63) is 75.6 Å². The predicted molar refractivity (Wildman–Crippen MR) is 117 cm³/mol. The number of ether oxygens (including phenoxy) is 1. The summed E-state index contributed by atoms with van der Waals surface area (Å²) in [4.78, 5) is 28.9. The number of esters is 1. The van der Waals surface area contributed by atoms with E-state index < -0.39 is 5.97 Å². The third kappa shape index (κ3) is 4.97. The maximum absolute atomic E-state index is 12.6. The number of hydrogen-bond donors (Lipinski definition) is 1. The summed E-state index contributed by atoms with van der Waals surface area (Å²) in [6, 6.07) is 15.1. The van der Waals surface area contributed by atoms with Gasteiger partial charge in [0.1, 0.15) is 5.01 Å². The van der Waals surface area contributed by atoms with Gasteiger partial charge in [-0.1, -0.05) is 42.0 Å². The topological polar surface area (TPSA) is 68.3 Å². The molecule has 0 aliphatic carbocycles. The van der Waals surface area contributed by atoms with E-state index in [9.17, 15) is 9.59 Å². The lowest BCUT2D eigenvalue weighted by Gasteiger charge is -2.05. The van der Waals surface area contributed by atoms with Crippen LogP contribution in [0.25, 0.3) is 22.9 Å². The van der Waals surface area contributed by atoms with Crippen LogP contribution < -0.4 is 5.32 Å². The molecule has 3 aromatic rings. The SMILES string of the molecule is CCOC(=O)/C(=C/c1ccc(C(=O)NC)cc1)c1nc(-c2ccc(C)cc2)cs1. The first-order chi connectivity index (χ1) is 14.0. The molecule has 2 aromatic carbocycles. The molecule has 1 aromatic heterocycles. The van der Waals surface area contributed by atoms with Gasteiger partial charge in [-0.25, -0.2) is 9.78 Å². The Labute approximate surface area is 174 Å². The molecule has 0 fully saturated rings. The van der Waals surface area contributed by atoms with Gasteiger partial charge in [0.25, 0.3) is 5.91 Å². The molecular formula is C23H22N2O3S. The van der Waals surface area contributed by atoms with Crippen molar-refractivity contribution in [2.45, 2.75) is 13.8 Å². The number of thiazole rings is 1. The zero-order valence-corrected chi connectivity index (χ0v) is 17.4. The zero-order valence-electron chi connectivity index (χ0n) is 16.6. The highest BCUT2D eigenvalue weighted by Gasteiger charge is 2.18. The van der Waals surface area contributed by atoms with Gasteiger partial charge < -0.3 is 10.1 Å². The van der Waals surface area contributed by atoms with Crippen LogP contribution in [0.4, 0.5) is 0 Å². The van der Waals surface area contributed by atoms with E-state index in [1.165, 1.54) is 16.9 Å². The lowest BCUT2D eigenvalue weighted by atomic mass is 10.1. The zero-order chi connectivity index (χ0) is 20.8. The molecule has 0 aliphatic heterocycles. The number of carbonyl (C=O) groups is 2. The molecule has 0 spiro atoms. The Morgan fingerprint density at radius 1 is 1.10 bits per heavy atom. The Balaban J connectivity index is 1.95. The fourth-order valence-corrected chi connectivity index (χ4v) is 3.55. The number of carbonyl (C=O) groups excluding carboxylic acids is 2. The van der Waals surface area contributed by atoms with E-state index in [4.69, 9.17) is 4.74 Å². The second kappa shape index (κ2) is 9.30. The number of nitrogens with zero attached hydrogens (tertiary/aromatic N) is 1. The molecule has 148 valence electrons. The molecule has 0 bridgehead atoms. The summed E-state index contributed by atoms with van der Waals surface area (Å²) in [6.45, 7) is 4.09. The van der Waals surface area contributed by atoms with Crippen LogP contribution in [-0.2, 0) is 9.53 Å². The van der Waals surface area contributed by atoms with Crippen molar-refractivity contribution in [2.75, 3.05) is 13.7 Å². The van der Waals surface area contributed by atoms with E-state index in [1.54, 1.807) is 44.3 Å². The molecular weight excluding hydrogens is 384 g/mol. The summed E-state index contributed by atoms with van der Waals surface area (Å²) in [5.41, 5.74) is 4.72. The number of benzene rings is 2. The molecule has 6 heteroatoms. The smallest absolute Gasteiger partial charge is 0.341 e. The number of hydrogen-bond acceptors (Lipinski definition) is 5. The van der Waals surface area contributed by atoms with Gasteiger partial charge in [0, 0.05) is 23.6 Å². The highest BCUT2D eigenvalue weighted by molar-refractivity contribution is 7.11. The summed E-state index contributed by atoms with van der Waals surface area (Å²) in [7, 11) is 1.59. The number of aromatic nitrogens is 1. The minimum atomic E-state index is -0.423. The normalized spacial score (nSPS) is 11.2. The van der Waals surface area contributed by atoms with Crippen LogP contribution in [0.2, 0.25) is 0 Å². The first-order valence-electron chi connectivity index (χ1n) is 9.25. The number of aryl methyl sites for hydroxylation is 1. The fourth-order valence-electron chi connectivity index (χ4n) is 2.71. The van der Waals surface area contributed by atoms with Gasteiger partial charge in [0.15, 0.2) is 0 Å². The second-order valence-corrected chi connectivity index (χ2v) is 7.24. The summed E-state index contributed by atoms with van der Waals surface area (Å²) < 4.78 is 5.24. The Hall–Kier alpha value is -3.25. The molecule has 29 heavy (non-hydrogen) atoms. The van der Waals surface area contributed by atoms with Crippen LogP contribution in [0.15, 0.2) is 53.9 Å². The number of amides is 1. The van der Waals surface area contributed by atoms with Gasteiger partial charge in [-0.3, -0.25) is 4.79 Å². The van der Waals surface area contributed by atoms with E-state index in [1.807, 2.05) is 36.6 Å². The summed E-state index contributed by atoms with van der Waals surface area (Å²) in [5.74, 6) is -0.582. The first-order valence-corrected chi connectivity index (χ1v) is 10.1. The van der Waals surface area contributed by atoms with E-state index in [0.29, 0.717) is 16.1 Å². The third-order valence-electron chi connectivity index (χ3n) is 4.29. The largest absolute Gasteiger partial charge is 0.462 e. The quantitative estimate of drug-likeness (QED) is 0.480. The van der Waals surface area contributed by atoms with Gasteiger partial charge >= 0.3 is 5.97 Å². The van der Waals surface area contributed by atoms with Gasteiger partial charge in [0.2, 0.25) is 0 Å². The van der Waals surface area contributed by atoms with Gasteiger partial charge in [-0.05, 0) is 37.6 Å². The summed E-state index contributed by atoms with van der Waals surface area (Å²) in [5, 5.41) is 5.11. The van der Waals surface area contributed by atoms with Gasteiger partial charge in [-0.2, -0.15) is 0 Å². The molecule has 1 amide bonds. The average molecular weight is 407 g/mol. The van der Waals surface area contributed by atoms with Crippen LogP contribution in [0.5, 0.6) is 0 Å². The molecule has 1 heterocycles. The Morgan fingerprint density at radius 3 is 2.41 bits per heavy atom. The molecule has 0 saturated carbocycles. The second-order valence-electron chi connectivity index (χ2n) is 6.38. The van der Waals surface area contributed by atoms with Crippen molar-refractivity contribution in [3.8, 4) is 11.3 Å². The fraction of sp³-hybridized carbons (Fsp3) is 0.174. The van der Waals surface area contributed by atoms with Gasteiger partial charge in [-0.15, -0.1) is 11.3 Å². The summed E-state index contributed by atoms with van der Waals surface area (Å²) >= 11 is 1.40. The first kappa shape index (κ1) is 20.5. The molecule has 0 unspecified atom stereocenters. The van der Waals surface area contributed by atoms with Crippen LogP contribution in [-0.4, -0.2) is 30.5 Å². The molecule has 3 rings (SSSR count). The van der Waals surface area contributed by atoms with Crippen molar-refractivity contribution >= 4 is 34.9 Å². The van der Waals surface area contributed by atoms with E-state index in [2.05, 4.69) is 10.3 Å². The molecule has 0 aliphatic rings.